The lowest BCUT2D eigenvalue weighted by atomic mass is 10.3. The summed E-state index contributed by atoms with van der Waals surface area (Å²) in [6, 6.07) is 3.81. The van der Waals surface area contributed by atoms with Crippen LogP contribution in [0.4, 0.5) is 0 Å². The van der Waals surface area contributed by atoms with E-state index in [0.717, 1.165) is 10.5 Å². The van der Waals surface area contributed by atoms with Crippen LogP contribution in [0.3, 0.4) is 0 Å². The van der Waals surface area contributed by atoms with Gasteiger partial charge in [0.2, 0.25) is 0 Å². The van der Waals surface area contributed by atoms with Crippen molar-refractivity contribution in [2.24, 2.45) is 0 Å². The van der Waals surface area contributed by atoms with Crippen LogP contribution in [-0.4, -0.2) is 9.72 Å². The van der Waals surface area contributed by atoms with Gasteiger partial charge in [0.1, 0.15) is 0 Å². The highest BCUT2D eigenvalue weighted by molar-refractivity contribution is 7.13. The topological polar surface area (TPSA) is 48.0 Å². The molecular weight excluding hydrogens is 212 g/mol. The van der Waals surface area contributed by atoms with E-state index >= 15 is 0 Å². The second-order valence-corrected chi connectivity index (χ2v) is 4.24. The zero-order chi connectivity index (χ0) is 10.8. The van der Waals surface area contributed by atoms with Gasteiger partial charge in [-0.25, -0.2) is 4.79 Å². The van der Waals surface area contributed by atoms with E-state index in [2.05, 4.69) is 16.3 Å². The van der Waals surface area contributed by atoms with E-state index in [1.165, 1.54) is 15.9 Å². The van der Waals surface area contributed by atoms with Crippen LogP contribution in [0.25, 0.3) is 10.7 Å². The predicted molar refractivity (Wildman–Crippen MR) is 58.9 cm³/mol. The molecule has 0 aromatic carbocycles. The summed E-state index contributed by atoms with van der Waals surface area (Å²) < 4.78 is 6.12. The van der Waals surface area contributed by atoms with E-state index < -0.39 is 5.76 Å². The van der Waals surface area contributed by atoms with Gasteiger partial charge in [0.05, 0.1) is 11.4 Å². The Morgan fingerprint density at radius 2 is 2.53 bits per heavy atom. The van der Waals surface area contributed by atoms with Crippen LogP contribution >= 0.6 is 11.3 Å². The molecule has 4 nitrogen and oxygen atoms in total. The van der Waals surface area contributed by atoms with Crippen molar-refractivity contribution in [3.8, 4) is 10.7 Å². The van der Waals surface area contributed by atoms with Gasteiger partial charge in [0.15, 0.2) is 5.82 Å². The molecule has 5 heteroatoms. The Kier molecular flexibility index (Phi) is 2.55. The lowest BCUT2D eigenvalue weighted by molar-refractivity contribution is 0.378. The minimum absolute atomic E-state index is 0.440. The van der Waals surface area contributed by atoms with E-state index in [9.17, 15) is 4.79 Å². The third kappa shape index (κ3) is 1.92. The third-order valence-corrected chi connectivity index (χ3v) is 2.72. The molecule has 15 heavy (non-hydrogen) atoms. The van der Waals surface area contributed by atoms with Crippen LogP contribution < -0.4 is 5.76 Å². The van der Waals surface area contributed by atoms with Crippen molar-refractivity contribution >= 4 is 11.3 Å². The highest BCUT2D eigenvalue weighted by Gasteiger charge is 2.12. The molecule has 0 amide bonds. The predicted octanol–water partition coefficient (Wildman–Crippen LogP) is 2.14. The highest BCUT2D eigenvalue weighted by Crippen LogP contribution is 2.21. The summed E-state index contributed by atoms with van der Waals surface area (Å²) in [5.74, 6) is 0.124. The molecule has 0 bridgehead atoms. The Morgan fingerprint density at radius 1 is 1.73 bits per heavy atom. The quantitative estimate of drug-likeness (QED) is 0.747. The van der Waals surface area contributed by atoms with Crippen molar-refractivity contribution in [3.63, 3.8) is 0 Å². The molecule has 2 rings (SSSR count). The molecule has 0 aliphatic heterocycles. The second-order valence-electron chi connectivity index (χ2n) is 3.29. The molecule has 0 aliphatic rings. The first-order valence-electron chi connectivity index (χ1n) is 4.43. The number of allylic oxidation sites excluding steroid dienone is 1. The van der Waals surface area contributed by atoms with E-state index in [-0.39, 0.29) is 0 Å². The number of thiophene rings is 1. The molecule has 2 heterocycles. The minimum Gasteiger partial charge on any atom is -0.295 e. The van der Waals surface area contributed by atoms with Gasteiger partial charge in [-0.2, -0.15) is 0 Å². The molecule has 0 unspecified atom stereocenters. The van der Waals surface area contributed by atoms with E-state index in [1.54, 1.807) is 0 Å². The van der Waals surface area contributed by atoms with Crippen LogP contribution in [-0.2, 0) is 6.54 Å². The number of hydrogen-bond donors (Lipinski definition) is 0. The first-order chi connectivity index (χ1) is 7.18. The maximum absolute atomic E-state index is 11.4. The first kappa shape index (κ1) is 9.92. The second kappa shape index (κ2) is 3.86. The smallest absolute Gasteiger partial charge is 0.295 e. The molecule has 2 aromatic heterocycles. The molecule has 0 aliphatic carbocycles. The third-order valence-electron chi connectivity index (χ3n) is 1.86. The van der Waals surface area contributed by atoms with Crippen LogP contribution in [0.5, 0.6) is 0 Å². The fraction of sp³-hybridized carbons (Fsp3) is 0.200. The zero-order valence-electron chi connectivity index (χ0n) is 8.27. The maximum atomic E-state index is 11.4. The standard InChI is InChI=1S/C10H10N2O2S/c1-7(2)6-12-9(11-14-10(12)13)8-4-3-5-15-8/h3-5H,1,6H2,2H3. The van der Waals surface area contributed by atoms with Gasteiger partial charge in [-0.05, 0) is 18.4 Å². The highest BCUT2D eigenvalue weighted by atomic mass is 32.1. The van der Waals surface area contributed by atoms with Crippen molar-refractivity contribution in [2.75, 3.05) is 0 Å². The number of rotatable bonds is 3. The summed E-state index contributed by atoms with van der Waals surface area (Å²) in [6.45, 7) is 6.07. The fourth-order valence-electron chi connectivity index (χ4n) is 1.26. The monoisotopic (exact) mass is 222 g/mol. The van der Waals surface area contributed by atoms with Gasteiger partial charge in [-0.3, -0.25) is 9.09 Å². The summed E-state index contributed by atoms with van der Waals surface area (Å²) >= 11 is 1.52. The van der Waals surface area contributed by atoms with Crippen molar-refractivity contribution in [3.05, 3.63) is 40.2 Å². The molecule has 0 N–H and O–H groups in total. The van der Waals surface area contributed by atoms with Gasteiger partial charge < -0.3 is 0 Å². The van der Waals surface area contributed by atoms with Crippen molar-refractivity contribution in [2.45, 2.75) is 13.5 Å². The zero-order valence-corrected chi connectivity index (χ0v) is 9.08. The lowest BCUT2D eigenvalue weighted by Gasteiger charge is -2.01. The molecule has 0 atom stereocenters. The summed E-state index contributed by atoms with van der Waals surface area (Å²) in [4.78, 5) is 12.3. The Morgan fingerprint density at radius 3 is 3.13 bits per heavy atom. The maximum Gasteiger partial charge on any atom is 0.442 e. The van der Waals surface area contributed by atoms with E-state index in [0.29, 0.717) is 12.4 Å². The molecule has 78 valence electrons. The Balaban J connectivity index is 2.49. The van der Waals surface area contributed by atoms with Crippen LogP contribution in [0.15, 0.2) is 39.0 Å². The fourth-order valence-corrected chi connectivity index (χ4v) is 1.97. The van der Waals surface area contributed by atoms with Crippen molar-refractivity contribution in [1.82, 2.24) is 9.72 Å². The van der Waals surface area contributed by atoms with Crippen molar-refractivity contribution < 1.29 is 4.52 Å². The van der Waals surface area contributed by atoms with Gasteiger partial charge in [0, 0.05) is 0 Å². The van der Waals surface area contributed by atoms with Crippen LogP contribution in [0, 0.1) is 0 Å². The average Bonchev–Trinajstić information content (AvgIpc) is 2.76. The molecule has 2 aromatic rings. The van der Waals surface area contributed by atoms with E-state index in [1.807, 2.05) is 24.4 Å². The van der Waals surface area contributed by atoms with Gasteiger partial charge in [0.25, 0.3) is 0 Å². The molecule has 0 radical (unpaired) electrons. The minimum atomic E-state index is -0.443. The molecule has 0 saturated heterocycles. The first-order valence-corrected chi connectivity index (χ1v) is 5.31. The lowest BCUT2D eigenvalue weighted by Crippen LogP contribution is -2.15. The summed E-state index contributed by atoms with van der Waals surface area (Å²) in [7, 11) is 0. The normalized spacial score (nSPS) is 10.5. The number of aromatic nitrogens is 2. The summed E-state index contributed by atoms with van der Waals surface area (Å²) in [6.07, 6.45) is 0. The molecular formula is C10H10N2O2S. The average molecular weight is 222 g/mol. The van der Waals surface area contributed by atoms with Gasteiger partial charge in [-0.1, -0.05) is 23.4 Å². The van der Waals surface area contributed by atoms with Crippen LogP contribution in [0.1, 0.15) is 6.92 Å². The number of hydrogen-bond acceptors (Lipinski definition) is 4. The Bertz CT molecular complexity index is 522. The number of nitrogens with zero attached hydrogens (tertiary/aromatic N) is 2. The van der Waals surface area contributed by atoms with Crippen molar-refractivity contribution in [1.29, 1.82) is 0 Å². The van der Waals surface area contributed by atoms with Gasteiger partial charge >= 0.3 is 5.76 Å². The van der Waals surface area contributed by atoms with Gasteiger partial charge in [-0.15, -0.1) is 11.3 Å². The Hall–Kier alpha value is -1.62. The molecule has 0 fully saturated rings. The Labute approximate surface area is 90.5 Å². The largest absolute Gasteiger partial charge is 0.442 e. The van der Waals surface area contributed by atoms with Crippen LogP contribution in [0.2, 0.25) is 0 Å². The SMILES string of the molecule is C=C(C)Cn1c(-c2cccs2)noc1=O. The summed E-state index contributed by atoms with van der Waals surface area (Å²) in [5, 5.41) is 5.69. The molecule has 0 spiro atoms. The van der Waals surface area contributed by atoms with E-state index in [4.69, 9.17) is 0 Å². The summed E-state index contributed by atoms with van der Waals surface area (Å²) in [5.41, 5.74) is 0.887. The molecule has 0 saturated carbocycles.